The molecule has 1 N–H and O–H groups in total. The van der Waals surface area contributed by atoms with Crippen LogP contribution in [0.25, 0.3) is 10.8 Å². The molecule has 4 aromatic rings. The van der Waals surface area contributed by atoms with E-state index >= 15 is 0 Å². The molecule has 0 saturated heterocycles. The molecule has 0 fully saturated rings. The molecular formula is C28H22BrNO3. The van der Waals surface area contributed by atoms with Gasteiger partial charge < -0.3 is 10.0 Å². The molecule has 5 rings (SSSR count). The summed E-state index contributed by atoms with van der Waals surface area (Å²) in [5, 5.41) is 13.6. The summed E-state index contributed by atoms with van der Waals surface area (Å²) in [5.41, 5.74) is 0.788. The molecule has 0 bridgehead atoms. The monoisotopic (exact) mass is 499 g/mol. The Morgan fingerprint density at radius 3 is 2.39 bits per heavy atom. The maximum atomic E-state index is 13.5. The van der Waals surface area contributed by atoms with Crippen LogP contribution in [0.3, 0.4) is 0 Å². The fraction of sp³-hybridized carbons (Fsp3) is 0.143. The lowest BCUT2D eigenvalue weighted by Crippen LogP contribution is -2.42. The standard InChI is InChI=1S/C28H22BrNO3/c29-23-12-13-25-24(17-23)28(33,27(32)30(25)15-14-19-6-2-1-3-7-19)18-26(31)22-11-10-20-8-4-5-9-21(20)16-22/h1-13,16-17,33H,14-15,18H2/t28-/m0/s1. The van der Waals surface area contributed by atoms with E-state index in [2.05, 4.69) is 15.9 Å². The maximum absolute atomic E-state index is 13.5. The summed E-state index contributed by atoms with van der Waals surface area (Å²) in [5.74, 6) is -0.729. The second-order valence-electron chi connectivity index (χ2n) is 8.38. The zero-order chi connectivity index (χ0) is 23.0. The van der Waals surface area contributed by atoms with E-state index < -0.39 is 11.5 Å². The van der Waals surface area contributed by atoms with Crippen LogP contribution in [0.15, 0.2) is 95.5 Å². The first kappa shape index (κ1) is 21.6. The first-order chi connectivity index (χ1) is 16.0. The Kier molecular flexibility index (Phi) is 5.60. The van der Waals surface area contributed by atoms with Gasteiger partial charge in [-0.25, -0.2) is 0 Å². The number of carbonyl (C=O) groups excluding carboxylic acids is 2. The lowest BCUT2D eigenvalue weighted by Gasteiger charge is -2.23. The quantitative estimate of drug-likeness (QED) is 0.348. The number of hydrogen-bond acceptors (Lipinski definition) is 3. The first-order valence-corrected chi connectivity index (χ1v) is 11.7. The van der Waals surface area contributed by atoms with Gasteiger partial charge in [0.15, 0.2) is 11.4 Å². The van der Waals surface area contributed by atoms with E-state index in [1.54, 1.807) is 17.0 Å². The number of rotatable bonds is 6. The maximum Gasteiger partial charge on any atom is 0.264 e. The predicted molar refractivity (Wildman–Crippen MR) is 133 cm³/mol. The molecule has 33 heavy (non-hydrogen) atoms. The summed E-state index contributed by atoms with van der Waals surface area (Å²) in [6.45, 7) is 0.421. The number of aliphatic hydroxyl groups is 1. The molecule has 4 aromatic carbocycles. The molecule has 0 radical (unpaired) electrons. The molecule has 1 atom stereocenters. The van der Waals surface area contributed by atoms with Gasteiger partial charge in [-0.3, -0.25) is 9.59 Å². The Labute approximate surface area is 200 Å². The van der Waals surface area contributed by atoms with Crippen molar-refractivity contribution in [3.63, 3.8) is 0 Å². The SMILES string of the molecule is O=C(C[C@@]1(O)C(=O)N(CCc2ccccc2)c2ccc(Br)cc21)c1ccc2ccccc2c1. The molecule has 0 spiro atoms. The highest BCUT2D eigenvalue weighted by molar-refractivity contribution is 9.10. The van der Waals surface area contributed by atoms with Crippen LogP contribution < -0.4 is 4.90 Å². The minimum absolute atomic E-state index is 0.271. The van der Waals surface area contributed by atoms with Gasteiger partial charge in [0.2, 0.25) is 0 Å². The predicted octanol–water partition coefficient (Wildman–Crippen LogP) is 5.65. The molecule has 164 valence electrons. The van der Waals surface area contributed by atoms with Crippen LogP contribution in [0.2, 0.25) is 0 Å². The summed E-state index contributed by atoms with van der Waals surface area (Å²) in [4.78, 5) is 28.3. The molecule has 1 aliphatic rings. The van der Waals surface area contributed by atoms with Gasteiger partial charge in [-0.15, -0.1) is 0 Å². The Balaban J connectivity index is 1.46. The zero-order valence-corrected chi connectivity index (χ0v) is 19.5. The van der Waals surface area contributed by atoms with Crippen molar-refractivity contribution in [1.82, 2.24) is 0 Å². The van der Waals surface area contributed by atoms with Crippen molar-refractivity contribution < 1.29 is 14.7 Å². The molecule has 1 heterocycles. The first-order valence-electron chi connectivity index (χ1n) is 10.9. The minimum atomic E-state index is -1.90. The van der Waals surface area contributed by atoms with E-state index in [0.29, 0.717) is 29.8 Å². The molecule has 5 heteroatoms. The van der Waals surface area contributed by atoms with Crippen molar-refractivity contribution >= 4 is 44.1 Å². The number of ketones is 1. The van der Waals surface area contributed by atoms with E-state index in [9.17, 15) is 14.7 Å². The number of anilines is 1. The van der Waals surface area contributed by atoms with Crippen LogP contribution >= 0.6 is 15.9 Å². The van der Waals surface area contributed by atoms with Gasteiger partial charge in [0, 0.05) is 22.1 Å². The molecular weight excluding hydrogens is 478 g/mol. The topological polar surface area (TPSA) is 57.6 Å². The van der Waals surface area contributed by atoms with Crippen molar-refractivity contribution in [2.75, 3.05) is 11.4 Å². The van der Waals surface area contributed by atoms with Gasteiger partial charge in [-0.2, -0.15) is 0 Å². The number of amides is 1. The van der Waals surface area contributed by atoms with Crippen molar-refractivity contribution in [3.8, 4) is 0 Å². The normalized spacial score (nSPS) is 17.4. The van der Waals surface area contributed by atoms with Gasteiger partial charge in [0.1, 0.15) is 0 Å². The highest BCUT2D eigenvalue weighted by Crippen LogP contribution is 2.44. The van der Waals surface area contributed by atoms with Crippen LogP contribution in [-0.4, -0.2) is 23.3 Å². The van der Waals surface area contributed by atoms with Crippen molar-refractivity contribution in [3.05, 3.63) is 112 Å². The second-order valence-corrected chi connectivity index (χ2v) is 9.29. The Morgan fingerprint density at radius 1 is 0.879 bits per heavy atom. The number of Topliss-reactive ketones (excluding diaryl/α,β-unsaturated/α-hetero) is 1. The van der Waals surface area contributed by atoms with E-state index in [1.165, 1.54) is 0 Å². The third-order valence-electron chi connectivity index (χ3n) is 6.25. The molecule has 0 unspecified atom stereocenters. The average Bonchev–Trinajstić information content (AvgIpc) is 3.04. The van der Waals surface area contributed by atoms with Crippen LogP contribution in [-0.2, 0) is 16.8 Å². The number of nitrogens with zero attached hydrogens (tertiary/aromatic N) is 1. The molecule has 0 aromatic heterocycles. The van der Waals surface area contributed by atoms with E-state index in [1.807, 2.05) is 78.9 Å². The second kappa shape index (κ2) is 8.58. The lowest BCUT2D eigenvalue weighted by atomic mass is 9.87. The Hall–Kier alpha value is -3.28. The zero-order valence-electron chi connectivity index (χ0n) is 17.9. The molecule has 4 nitrogen and oxygen atoms in total. The lowest BCUT2D eigenvalue weighted by molar-refractivity contribution is -0.135. The van der Waals surface area contributed by atoms with Crippen LogP contribution in [0.1, 0.15) is 27.9 Å². The van der Waals surface area contributed by atoms with Crippen LogP contribution in [0.5, 0.6) is 0 Å². The highest BCUT2D eigenvalue weighted by atomic mass is 79.9. The van der Waals surface area contributed by atoms with E-state index in [4.69, 9.17) is 0 Å². The van der Waals surface area contributed by atoms with Crippen molar-refractivity contribution in [1.29, 1.82) is 0 Å². The van der Waals surface area contributed by atoms with Gasteiger partial charge in [0.25, 0.3) is 5.91 Å². The third-order valence-corrected chi connectivity index (χ3v) is 6.74. The van der Waals surface area contributed by atoms with Crippen molar-refractivity contribution in [2.45, 2.75) is 18.4 Å². The number of fused-ring (bicyclic) bond motifs is 2. The van der Waals surface area contributed by atoms with E-state index in [0.717, 1.165) is 20.8 Å². The Morgan fingerprint density at radius 2 is 1.61 bits per heavy atom. The van der Waals surface area contributed by atoms with E-state index in [-0.39, 0.29) is 12.2 Å². The van der Waals surface area contributed by atoms with Gasteiger partial charge in [-0.05, 0) is 47.0 Å². The summed E-state index contributed by atoms with van der Waals surface area (Å²) in [6, 6.07) is 28.6. The fourth-order valence-electron chi connectivity index (χ4n) is 4.50. The number of hydrogen-bond donors (Lipinski definition) is 1. The van der Waals surface area contributed by atoms with Gasteiger partial charge in [0.05, 0.1) is 12.1 Å². The molecule has 0 saturated carbocycles. The Bertz CT molecular complexity index is 1370. The molecule has 1 amide bonds. The molecule has 1 aliphatic heterocycles. The van der Waals surface area contributed by atoms with Crippen LogP contribution in [0.4, 0.5) is 5.69 Å². The minimum Gasteiger partial charge on any atom is -0.375 e. The summed E-state index contributed by atoms with van der Waals surface area (Å²) < 4.78 is 0.746. The summed E-state index contributed by atoms with van der Waals surface area (Å²) >= 11 is 3.44. The van der Waals surface area contributed by atoms with Gasteiger partial charge >= 0.3 is 0 Å². The van der Waals surface area contributed by atoms with Gasteiger partial charge in [-0.1, -0.05) is 82.7 Å². The smallest absolute Gasteiger partial charge is 0.264 e. The summed E-state index contributed by atoms with van der Waals surface area (Å²) in [7, 11) is 0. The number of halogens is 1. The summed E-state index contributed by atoms with van der Waals surface area (Å²) in [6.07, 6.45) is 0.340. The number of benzene rings is 4. The van der Waals surface area contributed by atoms with Crippen molar-refractivity contribution in [2.24, 2.45) is 0 Å². The highest BCUT2D eigenvalue weighted by Gasteiger charge is 2.50. The average molecular weight is 500 g/mol. The third kappa shape index (κ3) is 3.99. The van der Waals surface area contributed by atoms with Crippen LogP contribution in [0, 0.1) is 0 Å². The fourth-order valence-corrected chi connectivity index (χ4v) is 4.86. The molecule has 0 aliphatic carbocycles. The largest absolute Gasteiger partial charge is 0.375 e. The number of carbonyl (C=O) groups is 2.